The zero-order chi connectivity index (χ0) is 18.1. The lowest BCUT2D eigenvalue weighted by Gasteiger charge is -2.30. The average molecular weight is 356 g/mol. The van der Waals surface area contributed by atoms with E-state index in [9.17, 15) is 19.5 Å². The molecule has 2 heterocycles. The molecule has 2 amide bonds. The Balaban J connectivity index is 2.12. The molecule has 0 bridgehead atoms. The highest BCUT2D eigenvalue weighted by Crippen LogP contribution is 2.40. The van der Waals surface area contributed by atoms with E-state index in [0.717, 1.165) is 11.3 Å². The quantitative estimate of drug-likeness (QED) is 0.856. The highest BCUT2D eigenvalue weighted by atomic mass is 32.1. The van der Waals surface area contributed by atoms with Crippen LogP contribution in [0.4, 0.5) is 10.5 Å². The Bertz CT molecular complexity index is 663. The van der Waals surface area contributed by atoms with Crippen LogP contribution in [-0.2, 0) is 9.53 Å². The molecule has 1 atom stereocenters. The second-order valence-corrected chi connectivity index (χ2v) is 7.30. The molecule has 2 N–H and O–H groups in total. The van der Waals surface area contributed by atoms with Crippen LogP contribution in [0.3, 0.4) is 0 Å². The number of rotatable bonds is 4. The van der Waals surface area contributed by atoms with Crippen molar-refractivity contribution in [2.45, 2.75) is 39.3 Å². The van der Waals surface area contributed by atoms with Crippen molar-refractivity contribution in [2.75, 3.05) is 18.1 Å². The number of fused-ring (bicyclic) bond motifs is 1. The molecule has 1 unspecified atom stereocenters. The van der Waals surface area contributed by atoms with Crippen LogP contribution in [0.5, 0.6) is 5.75 Å². The van der Waals surface area contributed by atoms with Crippen LogP contribution in [0, 0.1) is 0 Å². The number of carbonyl (C=O) groups is 3. The Morgan fingerprint density at radius 1 is 1.50 bits per heavy atom. The van der Waals surface area contributed by atoms with Crippen molar-refractivity contribution in [3.8, 4) is 5.75 Å². The van der Waals surface area contributed by atoms with Gasteiger partial charge in [-0.1, -0.05) is 0 Å². The maximum absolute atomic E-state index is 12.1. The van der Waals surface area contributed by atoms with Crippen LogP contribution in [0.25, 0.3) is 0 Å². The van der Waals surface area contributed by atoms with Gasteiger partial charge in [-0.25, -0.2) is 9.59 Å². The number of nitrogens with one attached hydrogen (secondary N) is 1. The van der Waals surface area contributed by atoms with Gasteiger partial charge in [-0.05, 0) is 27.7 Å². The minimum absolute atomic E-state index is 0.0301. The van der Waals surface area contributed by atoms with Crippen molar-refractivity contribution < 1.29 is 29.0 Å². The number of carbonyl (C=O) groups excluding carboxylic acids is 2. The van der Waals surface area contributed by atoms with E-state index in [4.69, 9.17) is 9.47 Å². The van der Waals surface area contributed by atoms with Crippen LogP contribution in [0.2, 0.25) is 0 Å². The van der Waals surface area contributed by atoms with E-state index in [1.165, 1.54) is 4.90 Å². The summed E-state index contributed by atoms with van der Waals surface area (Å²) in [6.45, 7) is 6.91. The fourth-order valence-electron chi connectivity index (χ4n) is 2.21. The number of anilines is 1. The molecular weight excluding hydrogens is 336 g/mol. The van der Waals surface area contributed by atoms with Gasteiger partial charge < -0.3 is 24.8 Å². The summed E-state index contributed by atoms with van der Waals surface area (Å²) in [6, 6.07) is -0.434. The molecule has 0 fully saturated rings. The number of alkyl carbamates (subject to hydrolysis) is 1. The molecule has 1 aromatic heterocycles. The summed E-state index contributed by atoms with van der Waals surface area (Å²) in [5.74, 6) is -1.12. The maximum atomic E-state index is 12.1. The van der Waals surface area contributed by atoms with Crippen LogP contribution >= 0.6 is 11.3 Å². The van der Waals surface area contributed by atoms with Crippen LogP contribution < -0.4 is 15.0 Å². The number of aromatic carboxylic acids is 1. The predicted molar refractivity (Wildman–Crippen MR) is 88.0 cm³/mol. The minimum Gasteiger partial charge on any atom is -0.481 e. The zero-order valence-electron chi connectivity index (χ0n) is 13.9. The molecule has 132 valence electrons. The number of amides is 2. The number of hydrogen-bond acceptors (Lipinski definition) is 6. The second-order valence-electron chi connectivity index (χ2n) is 6.42. The summed E-state index contributed by atoms with van der Waals surface area (Å²) in [5.41, 5.74) is -0.392. The monoisotopic (exact) mass is 356 g/mol. The van der Waals surface area contributed by atoms with Crippen LogP contribution in [0.15, 0.2) is 5.38 Å². The van der Waals surface area contributed by atoms with Gasteiger partial charge in [0, 0.05) is 18.0 Å². The molecule has 0 saturated heterocycles. The Hall–Kier alpha value is -2.29. The van der Waals surface area contributed by atoms with Crippen LogP contribution in [0.1, 0.15) is 37.4 Å². The van der Waals surface area contributed by atoms with Gasteiger partial charge in [-0.2, -0.15) is 0 Å². The second kappa shape index (κ2) is 6.68. The van der Waals surface area contributed by atoms with Crippen molar-refractivity contribution in [3.05, 3.63) is 10.3 Å². The highest BCUT2D eigenvalue weighted by molar-refractivity contribution is 7.13. The molecule has 0 spiro atoms. The minimum atomic E-state index is -1.13. The lowest BCUT2D eigenvalue weighted by atomic mass is 10.2. The molecule has 8 nitrogen and oxygen atoms in total. The molecule has 1 aliphatic heterocycles. The van der Waals surface area contributed by atoms with Gasteiger partial charge in [0.25, 0.3) is 5.91 Å². The van der Waals surface area contributed by atoms with E-state index in [1.54, 1.807) is 33.1 Å². The van der Waals surface area contributed by atoms with Crippen molar-refractivity contribution in [2.24, 2.45) is 0 Å². The van der Waals surface area contributed by atoms with Gasteiger partial charge in [0.1, 0.15) is 16.2 Å². The SMILES string of the molecule is CC(CN1C(=O)COc2csc(C(=O)O)c21)NC(=O)OC(C)(C)C. The summed E-state index contributed by atoms with van der Waals surface area (Å²) in [7, 11) is 0. The van der Waals surface area contributed by atoms with Gasteiger partial charge in [0.2, 0.25) is 0 Å². The fraction of sp³-hybridized carbons (Fsp3) is 0.533. The third-order valence-corrected chi connectivity index (χ3v) is 4.00. The predicted octanol–water partition coefficient (Wildman–Crippen LogP) is 2.08. The molecule has 1 aromatic rings. The van der Waals surface area contributed by atoms with E-state index >= 15 is 0 Å². The van der Waals surface area contributed by atoms with E-state index < -0.39 is 23.7 Å². The smallest absolute Gasteiger partial charge is 0.407 e. The van der Waals surface area contributed by atoms with Gasteiger partial charge >= 0.3 is 12.1 Å². The van der Waals surface area contributed by atoms with E-state index in [-0.39, 0.29) is 29.6 Å². The Labute approximate surface area is 143 Å². The summed E-state index contributed by atoms with van der Waals surface area (Å²) >= 11 is 0.998. The van der Waals surface area contributed by atoms with E-state index in [1.807, 2.05) is 0 Å². The number of thiophene rings is 1. The summed E-state index contributed by atoms with van der Waals surface area (Å²) in [4.78, 5) is 36.7. The van der Waals surface area contributed by atoms with Crippen molar-refractivity contribution in [3.63, 3.8) is 0 Å². The van der Waals surface area contributed by atoms with E-state index in [2.05, 4.69) is 5.32 Å². The van der Waals surface area contributed by atoms with Gasteiger partial charge in [-0.3, -0.25) is 4.79 Å². The maximum Gasteiger partial charge on any atom is 0.407 e. The first kappa shape index (κ1) is 18.1. The van der Waals surface area contributed by atoms with Crippen molar-refractivity contribution >= 4 is 35.0 Å². The first-order valence-electron chi connectivity index (χ1n) is 7.36. The lowest BCUT2D eigenvalue weighted by Crippen LogP contribution is -2.48. The number of carboxylic acids is 1. The average Bonchev–Trinajstić information content (AvgIpc) is 2.83. The number of hydrogen-bond donors (Lipinski definition) is 2. The van der Waals surface area contributed by atoms with Gasteiger partial charge in [0.05, 0.1) is 0 Å². The summed E-state index contributed by atoms with van der Waals surface area (Å²) < 4.78 is 10.4. The number of ether oxygens (including phenoxy) is 2. The molecule has 9 heteroatoms. The molecule has 0 aromatic carbocycles. The third-order valence-electron chi connectivity index (χ3n) is 3.07. The highest BCUT2D eigenvalue weighted by Gasteiger charge is 2.33. The largest absolute Gasteiger partial charge is 0.481 e. The normalized spacial score (nSPS) is 15.3. The first-order chi connectivity index (χ1) is 11.1. The topological polar surface area (TPSA) is 105 Å². The Kier molecular flexibility index (Phi) is 5.02. The van der Waals surface area contributed by atoms with Gasteiger partial charge in [-0.15, -0.1) is 11.3 Å². The summed E-state index contributed by atoms with van der Waals surface area (Å²) in [5, 5.41) is 13.5. The molecule has 0 saturated carbocycles. The van der Waals surface area contributed by atoms with Crippen LogP contribution in [-0.4, -0.2) is 47.9 Å². The van der Waals surface area contributed by atoms with Gasteiger partial charge in [0.15, 0.2) is 12.4 Å². The van der Waals surface area contributed by atoms with Crippen molar-refractivity contribution in [1.29, 1.82) is 0 Å². The van der Waals surface area contributed by atoms with E-state index in [0.29, 0.717) is 5.75 Å². The molecule has 24 heavy (non-hydrogen) atoms. The lowest BCUT2D eigenvalue weighted by molar-refractivity contribution is -0.121. The number of nitrogens with zero attached hydrogens (tertiary/aromatic N) is 1. The van der Waals surface area contributed by atoms with Crippen molar-refractivity contribution in [1.82, 2.24) is 5.32 Å². The molecular formula is C15H20N2O6S. The summed E-state index contributed by atoms with van der Waals surface area (Å²) in [6.07, 6.45) is -0.597. The molecule has 2 rings (SSSR count). The zero-order valence-corrected chi connectivity index (χ0v) is 14.7. The molecule has 0 aliphatic carbocycles. The third kappa shape index (κ3) is 4.16. The molecule has 0 radical (unpaired) electrons. The number of carboxylic acid groups (broad SMARTS) is 1. The Morgan fingerprint density at radius 2 is 2.17 bits per heavy atom. The Morgan fingerprint density at radius 3 is 2.75 bits per heavy atom. The fourth-order valence-corrected chi connectivity index (χ4v) is 3.04. The molecule has 1 aliphatic rings. The first-order valence-corrected chi connectivity index (χ1v) is 8.24. The standard InChI is InChI=1S/C15H20N2O6S/c1-8(16-14(21)23-15(2,3)4)5-17-10(18)6-22-9-7-24-12(11(9)17)13(19)20/h7-8H,5-6H2,1-4H3,(H,16,21)(H,19,20).